The van der Waals surface area contributed by atoms with Gasteiger partial charge in [0.1, 0.15) is 0 Å². The van der Waals surface area contributed by atoms with Crippen LogP contribution in [0.15, 0.2) is 64.5 Å². The second kappa shape index (κ2) is 7.07. The van der Waals surface area contributed by atoms with Crippen LogP contribution in [0.1, 0.15) is 17.0 Å². The van der Waals surface area contributed by atoms with E-state index in [0.717, 1.165) is 28.3 Å². The third-order valence-electron chi connectivity index (χ3n) is 4.07. The Morgan fingerprint density at radius 2 is 1.65 bits per heavy atom. The van der Waals surface area contributed by atoms with Crippen LogP contribution in [-0.2, 0) is 10.0 Å². The molecule has 1 aromatic heterocycles. The molecule has 0 aliphatic heterocycles. The van der Waals surface area contributed by atoms with Gasteiger partial charge in [-0.3, -0.25) is 4.99 Å². The maximum atomic E-state index is 11.4. The molecule has 26 heavy (non-hydrogen) atoms. The van der Waals surface area contributed by atoms with E-state index in [1.807, 2.05) is 36.6 Å². The van der Waals surface area contributed by atoms with Gasteiger partial charge in [-0.25, -0.2) is 13.6 Å². The molecule has 5 nitrogen and oxygen atoms in total. The number of aryl methyl sites for hydroxylation is 1. The van der Waals surface area contributed by atoms with Crippen LogP contribution in [-0.4, -0.2) is 19.2 Å². The zero-order chi connectivity index (χ0) is 18.9. The lowest BCUT2D eigenvalue weighted by Crippen LogP contribution is -2.12. The number of primary sulfonamides is 1. The summed E-state index contributed by atoms with van der Waals surface area (Å²) in [7, 11) is -3.70. The van der Waals surface area contributed by atoms with Gasteiger partial charge < -0.3 is 4.57 Å². The predicted molar refractivity (Wildman–Crippen MR) is 105 cm³/mol. The summed E-state index contributed by atoms with van der Waals surface area (Å²) in [5.41, 5.74) is 4.68. The number of nitrogens with two attached hydrogens (primary N) is 1. The molecule has 134 valence electrons. The molecule has 0 spiro atoms. The van der Waals surface area contributed by atoms with Crippen molar-refractivity contribution in [3.63, 3.8) is 0 Å². The molecule has 0 saturated heterocycles. The van der Waals surface area contributed by atoms with Crippen LogP contribution in [0, 0.1) is 13.8 Å². The number of hydrogen-bond donors (Lipinski definition) is 1. The normalized spacial score (nSPS) is 12.0. The highest BCUT2D eigenvalue weighted by molar-refractivity contribution is 7.89. The highest BCUT2D eigenvalue weighted by atomic mass is 35.5. The summed E-state index contributed by atoms with van der Waals surface area (Å²) in [5, 5.41) is 5.82. The van der Waals surface area contributed by atoms with Crippen LogP contribution in [0.3, 0.4) is 0 Å². The minimum atomic E-state index is -3.70. The van der Waals surface area contributed by atoms with E-state index in [4.69, 9.17) is 16.7 Å². The zero-order valence-electron chi connectivity index (χ0n) is 14.3. The molecule has 1 heterocycles. The van der Waals surface area contributed by atoms with Crippen molar-refractivity contribution in [1.82, 2.24) is 4.57 Å². The zero-order valence-corrected chi connectivity index (χ0v) is 15.9. The number of nitrogens with zero attached hydrogens (tertiary/aromatic N) is 2. The minimum absolute atomic E-state index is 0.0910. The molecule has 3 aromatic rings. The Labute approximate surface area is 157 Å². The van der Waals surface area contributed by atoms with Crippen molar-refractivity contribution in [2.24, 2.45) is 10.1 Å². The SMILES string of the molecule is Cc1cc(C=Nc2ccc(Cl)cc2)c(C)n1-c1ccc(S(N)(=O)=O)cc1. The summed E-state index contributed by atoms with van der Waals surface area (Å²) in [6.45, 7) is 3.98. The van der Waals surface area contributed by atoms with E-state index in [0.29, 0.717) is 5.02 Å². The van der Waals surface area contributed by atoms with E-state index < -0.39 is 10.0 Å². The lowest BCUT2D eigenvalue weighted by Gasteiger charge is -2.10. The topological polar surface area (TPSA) is 77.5 Å². The van der Waals surface area contributed by atoms with Gasteiger partial charge in [0.15, 0.2) is 0 Å². The number of sulfonamides is 1. The van der Waals surface area contributed by atoms with Gasteiger partial charge in [0.05, 0.1) is 10.6 Å². The van der Waals surface area contributed by atoms with E-state index in [9.17, 15) is 8.42 Å². The van der Waals surface area contributed by atoms with Crippen molar-refractivity contribution in [1.29, 1.82) is 0 Å². The van der Waals surface area contributed by atoms with Gasteiger partial charge in [-0.2, -0.15) is 0 Å². The van der Waals surface area contributed by atoms with E-state index in [2.05, 4.69) is 4.99 Å². The summed E-state index contributed by atoms with van der Waals surface area (Å²) in [5.74, 6) is 0. The molecule has 0 aliphatic rings. The van der Waals surface area contributed by atoms with Crippen molar-refractivity contribution in [3.8, 4) is 5.69 Å². The van der Waals surface area contributed by atoms with Gasteiger partial charge in [-0.15, -0.1) is 0 Å². The number of benzene rings is 2. The van der Waals surface area contributed by atoms with Crippen molar-refractivity contribution >= 4 is 33.5 Å². The van der Waals surface area contributed by atoms with Gasteiger partial charge in [0.25, 0.3) is 0 Å². The standard InChI is InChI=1S/C19H18ClN3O2S/c1-13-11-15(12-22-17-5-3-16(20)4-6-17)14(2)23(13)18-7-9-19(10-8-18)26(21,24)25/h3-12H,1-2H3,(H2,21,24,25). The second-order valence-electron chi connectivity index (χ2n) is 5.94. The smallest absolute Gasteiger partial charge is 0.238 e. The third-order valence-corrected chi connectivity index (χ3v) is 5.25. The molecule has 3 rings (SSSR count). The van der Waals surface area contributed by atoms with E-state index in [1.54, 1.807) is 30.5 Å². The molecule has 0 bridgehead atoms. The molecule has 0 amide bonds. The molecule has 0 radical (unpaired) electrons. The first-order chi connectivity index (χ1) is 12.3. The quantitative estimate of drug-likeness (QED) is 0.682. The number of halogens is 1. The summed E-state index contributed by atoms with van der Waals surface area (Å²) < 4.78 is 24.8. The number of rotatable bonds is 4. The Balaban J connectivity index is 1.94. The molecular weight excluding hydrogens is 370 g/mol. The highest BCUT2D eigenvalue weighted by Crippen LogP contribution is 2.22. The fraction of sp³-hybridized carbons (Fsp3) is 0.105. The van der Waals surface area contributed by atoms with Gasteiger partial charge in [0.2, 0.25) is 10.0 Å². The van der Waals surface area contributed by atoms with Crippen LogP contribution in [0.4, 0.5) is 5.69 Å². The number of aromatic nitrogens is 1. The molecule has 0 unspecified atom stereocenters. The Kier molecular flexibility index (Phi) is 5.00. The fourth-order valence-corrected chi connectivity index (χ4v) is 3.41. The molecule has 2 aromatic carbocycles. The molecule has 0 aliphatic carbocycles. The van der Waals surface area contributed by atoms with Crippen molar-refractivity contribution in [2.75, 3.05) is 0 Å². The molecule has 0 fully saturated rings. The predicted octanol–water partition coefficient (Wildman–Crippen LogP) is 4.15. The Morgan fingerprint density at radius 1 is 1.04 bits per heavy atom. The van der Waals surface area contributed by atoms with Gasteiger partial charge in [0, 0.05) is 33.9 Å². The van der Waals surface area contributed by atoms with E-state index in [-0.39, 0.29) is 4.90 Å². The monoisotopic (exact) mass is 387 g/mol. The van der Waals surface area contributed by atoms with Crippen LogP contribution in [0.25, 0.3) is 5.69 Å². The van der Waals surface area contributed by atoms with Crippen LogP contribution in [0.2, 0.25) is 5.02 Å². The first kappa shape index (κ1) is 18.4. The van der Waals surface area contributed by atoms with Crippen molar-refractivity contribution in [3.05, 3.63) is 76.6 Å². The lowest BCUT2D eigenvalue weighted by molar-refractivity contribution is 0.598. The highest BCUT2D eigenvalue weighted by Gasteiger charge is 2.11. The van der Waals surface area contributed by atoms with E-state index in [1.165, 1.54) is 12.1 Å². The summed E-state index contributed by atoms with van der Waals surface area (Å²) >= 11 is 5.88. The first-order valence-corrected chi connectivity index (χ1v) is 9.80. The number of aliphatic imine (C=N–C) groups is 1. The van der Waals surface area contributed by atoms with Crippen LogP contribution in [0.5, 0.6) is 0 Å². The average Bonchev–Trinajstić information content (AvgIpc) is 2.87. The van der Waals surface area contributed by atoms with Gasteiger partial charge >= 0.3 is 0 Å². The minimum Gasteiger partial charge on any atom is -0.318 e. The maximum Gasteiger partial charge on any atom is 0.238 e. The van der Waals surface area contributed by atoms with Gasteiger partial charge in [-0.1, -0.05) is 11.6 Å². The van der Waals surface area contributed by atoms with Crippen LogP contribution < -0.4 is 5.14 Å². The molecular formula is C19H18ClN3O2S. The molecule has 0 saturated carbocycles. The Hall–Kier alpha value is -2.41. The number of hydrogen-bond acceptors (Lipinski definition) is 3. The third kappa shape index (κ3) is 3.88. The van der Waals surface area contributed by atoms with Gasteiger partial charge in [-0.05, 0) is 68.4 Å². The fourth-order valence-electron chi connectivity index (χ4n) is 2.77. The first-order valence-electron chi connectivity index (χ1n) is 7.87. The van der Waals surface area contributed by atoms with E-state index >= 15 is 0 Å². The largest absolute Gasteiger partial charge is 0.318 e. The molecule has 0 atom stereocenters. The lowest BCUT2D eigenvalue weighted by atomic mass is 10.2. The van der Waals surface area contributed by atoms with Crippen molar-refractivity contribution < 1.29 is 8.42 Å². The summed E-state index contributed by atoms with van der Waals surface area (Å²) in [6, 6.07) is 15.8. The Morgan fingerprint density at radius 3 is 2.23 bits per heavy atom. The maximum absolute atomic E-state index is 11.4. The Bertz CT molecular complexity index is 1070. The van der Waals surface area contributed by atoms with Crippen LogP contribution >= 0.6 is 11.6 Å². The molecule has 2 N–H and O–H groups in total. The summed E-state index contributed by atoms with van der Waals surface area (Å²) in [4.78, 5) is 4.57. The second-order valence-corrected chi connectivity index (χ2v) is 7.93. The molecule has 7 heteroatoms. The van der Waals surface area contributed by atoms with Crippen molar-refractivity contribution in [2.45, 2.75) is 18.7 Å². The average molecular weight is 388 g/mol. The summed E-state index contributed by atoms with van der Waals surface area (Å²) in [6.07, 6.45) is 1.81.